The Morgan fingerprint density at radius 2 is 1.95 bits per heavy atom. The molecule has 1 amide bonds. The monoisotopic (exact) mass is 315 g/mol. The Bertz CT molecular complexity index is 641. The molecule has 0 bridgehead atoms. The van der Waals surface area contributed by atoms with Crippen molar-refractivity contribution in [2.24, 2.45) is 0 Å². The standard InChI is InChI=1S/C12H17N3O5S/c1-2-20-12(17)14-5-7-15(8-6-14)21(18,19)10-3-4-11(16)13-9-10/h3-4,9H,2,5-8H2,1H3,(H,13,16). The first kappa shape index (κ1) is 15.5. The molecule has 1 N–H and O–H groups in total. The number of carbonyl (C=O) groups excluding carboxylic acids is 1. The van der Waals surface area contributed by atoms with Crippen LogP contribution in [0.3, 0.4) is 0 Å². The Labute approximate surface area is 122 Å². The van der Waals surface area contributed by atoms with Crippen LogP contribution in [0.15, 0.2) is 28.0 Å². The van der Waals surface area contributed by atoms with Crippen LogP contribution in [0.25, 0.3) is 0 Å². The minimum absolute atomic E-state index is 0.0340. The van der Waals surface area contributed by atoms with E-state index in [9.17, 15) is 18.0 Å². The molecule has 0 radical (unpaired) electrons. The molecule has 2 rings (SSSR count). The molecule has 1 fully saturated rings. The predicted octanol–water partition coefficient (Wildman–Crippen LogP) is -0.162. The van der Waals surface area contributed by atoms with E-state index in [1.54, 1.807) is 6.92 Å². The summed E-state index contributed by atoms with van der Waals surface area (Å²) in [5.74, 6) is 0. The average Bonchev–Trinajstić information content (AvgIpc) is 2.48. The summed E-state index contributed by atoms with van der Waals surface area (Å²) in [4.78, 5) is 26.4. The summed E-state index contributed by atoms with van der Waals surface area (Å²) < 4.78 is 30.9. The molecule has 21 heavy (non-hydrogen) atoms. The highest BCUT2D eigenvalue weighted by molar-refractivity contribution is 7.89. The van der Waals surface area contributed by atoms with Crippen molar-refractivity contribution in [2.45, 2.75) is 11.8 Å². The van der Waals surface area contributed by atoms with Crippen molar-refractivity contribution in [1.29, 1.82) is 0 Å². The number of pyridine rings is 1. The van der Waals surface area contributed by atoms with Gasteiger partial charge in [-0.05, 0) is 13.0 Å². The molecule has 0 aromatic carbocycles. The molecule has 1 saturated heterocycles. The van der Waals surface area contributed by atoms with Gasteiger partial charge in [0.25, 0.3) is 0 Å². The molecule has 1 aliphatic heterocycles. The first-order chi connectivity index (χ1) is 9.95. The predicted molar refractivity (Wildman–Crippen MR) is 74.4 cm³/mol. The van der Waals surface area contributed by atoms with Crippen LogP contribution in [0.4, 0.5) is 4.79 Å². The SMILES string of the molecule is CCOC(=O)N1CCN(S(=O)(=O)c2ccc(=O)[nH]c2)CC1. The normalized spacial score (nSPS) is 16.7. The van der Waals surface area contributed by atoms with E-state index in [1.165, 1.54) is 27.5 Å². The van der Waals surface area contributed by atoms with Crippen molar-refractivity contribution in [3.05, 3.63) is 28.7 Å². The summed E-state index contributed by atoms with van der Waals surface area (Å²) in [6, 6.07) is 2.44. The second-order valence-electron chi connectivity index (χ2n) is 4.48. The third-order valence-corrected chi connectivity index (χ3v) is 5.05. The number of carbonyl (C=O) groups is 1. The van der Waals surface area contributed by atoms with E-state index in [0.717, 1.165) is 0 Å². The summed E-state index contributed by atoms with van der Waals surface area (Å²) >= 11 is 0. The van der Waals surface area contributed by atoms with Crippen LogP contribution in [0.2, 0.25) is 0 Å². The second-order valence-corrected chi connectivity index (χ2v) is 6.42. The number of nitrogens with one attached hydrogen (secondary N) is 1. The topological polar surface area (TPSA) is 99.8 Å². The largest absolute Gasteiger partial charge is 0.450 e. The van der Waals surface area contributed by atoms with Gasteiger partial charge in [0.1, 0.15) is 0 Å². The van der Waals surface area contributed by atoms with Gasteiger partial charge in [0.05, 0.1) is 11.5 Å². The molecule has 2 heterocycles. The summed E-state index contributed by atoms with van der Waals surface area (Å²) in [6.07, 6.45) is 0.744. The number of hydrogen-bond acceptors (Lipinski definition) is 5. The Morgan fingerprint density at radius 1 is 1.29 bits per heavy atom. The third kappa shape index (κ3) is 3.42. The maximum absolute atomic E-state index is 12.4. The van der Waals surface area contributed by atoms with Crippen LogP contribution in [-0.2, 0) is 14.8 Å². The quantitative estimate of drug-likeness (QED) is 0.835. The van der Waals surface area contributed by atoms with Gasteiger partial charge in [-0.2, -0.15) is 4.31 Å². The molecule has 1 aromatic rings. The molecule has 0 spiro atoms. The second kappa shape index (κ2) is 6.27. The lowest BCUT2D eigenvalue weighted by Gasteiger charge is -2.33. The van der Waals surface area contributed by atoms with Gasteiger partial charge in [0.2, 0.25) is 15.6 Å². The number of H-pyrrole nitrogens is 1. The van der Waals surface area contributed by atoms with Gasteiger partial charge < -0.3 is 14.6 Å². The number of piperazine rings is 1. The average molecular weight is 315 g/mol. The van der Waals surface area contributed by atoms with Crippen LogP contribution >= 0.6 is 0 Å². The van der Waals surface area contributed by atoms with E-state index in [4.69, 9.17) is 4.74 Å². The van der Waals surface area contributed by atoms with Crippen molar-refractivity contribution in [3.63, 3.8) is 0 Å². The highest BCUT2D eigenvalue weighted by Gasteiger charge is 2.30. The lowest BCUT2D eigenvalue weighted by molar-refractivity contribution is 0.0934. The molecular weight excluding hydrogens is 298 g/mol. The summed E-state index contributed by atoms with van der Waals surface area (Å²) in [5, 5.41) is 0. The highest BCUT2D eigenvalue weighted by atomic mass is 32.2. The van der Waals surface area contributed by atoms with Gasteiger partial charge in [-0.15, -0.1) is 0 Å². The van der Waals surface area contributed by atoms with Crippen LogP contribution in [-0.4, -0.2) is 61.5 Å². The maximum atomic E-state index is 12.4. The lowest BCUT2D eigenvalue weighted by Crippen LogP contribution is -2.50. The molecule has 0 aliphatic carbocycles. The summed E-state index contributed by atoms with van der Waals surface area (Å²) in [5.41, 5.74) is -0.360. The number of nitrogens with zero attached hydrogens (tertiary/aromatic N) is 2. The van der Waals surface area contributed by atoms with Gasteiger partial charge in [0, 0.05) is 38.4 Å². The number of aromatic amines is 1. The van der Waals surface area contributed by atoms with Crippen molar-refractivity contribution >= 4 is 16.1 Å². The first-order valence-corrected chi connectivity index (χ1v) is 7.99. The van der Waals surface area contributed by atoms with Gasteiger partial charge in [0.15, 0.2) is 0 Å². The van der Waals surface area contributed by atoms with E-state index in [2.05, 4.69) is 4.98 Å². The summed E-state index contributed by atoms with van der Waals surface area (Å²) in [6.45, 7) is 2.95. The molecular formula is C12H17N3O5S. The molecule has 0 saturated carbocycles. The molecule has 8 nitrogen and oxygen atoms in total. The Balaban J connectivity index is 2.06. The first-order valence-electron chi connectivity index (χ1n) is 6.55. The number of rotatable bonds is 3. The van der Waals surface area contributed by atoms with Crippen molar-refractivity contribution < 1.29 is 17.9 Å². The molecule has 1 aliphatic rings. The Hall–Kier alpha value is -1.87. The lowest BCUT2D eigenvalue weighted by atomic mass is 10.4. The molecule has 9 heteroatoms. The zero-order chi connectivity index (χ0) is 15.5. The third-order valence-electron chi connectivity index (χ3n) is 3.16. The van der Waals surface area contributed by atoms with Gasteiger partial charge in [-0.3, -0.25) is 4.79 Å². The van der Waals surface area contributed by atoms with Crippen molar-refractivity contribution in [2.75, 3.05) is 32.8 Å². The van der Waals surface area contributed by atoms with Crippen LogP contribution < -0.4 is 5.56 Å². The van der Waals surface area contributed by atoms with E-state index in [0.29, 0.717) is 0 Å². The Kier molecular flexibility index (Phi) is 4.63. The molecule has 0 unspecified atom stereocenters. The number of aromatic nitrogens is 1. The minimum atomic E-state index is -3.66. The van der Waals surface area contributed by atoms with Crippen LogP contribution in [0.5, 0.6) is 0 Å². The Morgan fingerprint density at radius 3 is 2.48 bits per heavy atom. The number of amides is 1. The van der Waals surface area contributed by atoms with Gasteiger partial charge in [-0.1, -0.05) is 0 Å². The molecule has 0 atom stereocenters. The number of hydrogen-bond donors (Lipinski definition) is 1. The fourth-order valence-electron chi connectivity index (χ4n) is 2.03. The fraction of sp³-hybridized carbons (Fsp3) is 0.500. The van der Waals surface area contributed by atoms with Crippen molar-refractivity contribution in [1.82, 2.24) is 14.2 Å². The highest BCUT2D eigenvalue weighted by Crippen LogP contribution is 2.16. The fourth-order valence-corrected chi connectivity index (χ4v) is 3.42. The van der Waals surface area contributed by atoms with Gasteiger partial charge in [-0.25, -0.2) is 13.2 Å². The van der Waals surface area contributed by atoms with Crippen molar-refractivity contribution in [3.8, 4) is 0 Å². The zero-order valence-corrected chi connectivity index (χ0v) is 12.4. The summed E-state index contributed by atoms with van der Waals surface area (Å²) in [7, 11) is -3.66. The number of ether oxygens (including phenoxy) is 1. The van der Waals surface area contributed by atoms with E-state index < -0.39 is 16.1 Å². The maximum Gasteiger partial charge on any atom is 0.409 e. The zero-order valence-electron chi connectivity index (χ0n) is 11.6. The van der Waals surface area contributed by atoms with E-state index in [-0.39, 0.29) is 43.2 Å². The van der Waals surface area contributed by atoms with Crippen LogP contribution in [0.1, 0.15) is 6.92 Å². The smallest absolute Gasteiger partial charge is 0.409 e. The van der Waals surface area contributed by atoms with Gasteiger partial charge >= 0.3 is 6.09 Å². The van der Waals surface area contributed by atoms with Crippen LogP contribution in [0, 0.1) is 0 Å². The van der Waals surface area contributed by atoms with E-state index >= 15 is 0 Å². The minimum Gasteiger partial charge on any atom is -0.450 e. The number of sulfonamides is 1. The molecule has 116 valence electrons. The van der Waals surface area contributed by atoms with E-state index in [1.807, 2.05) is 0 Å². The molecule has 1 aromatic heterocycles.